The number of methoxy groups -OCH3 is 2. The van der Waals surface area contributed by atoms with E-state index in [1.807, 2.05) is 19.1 Å². The maximum Gasteiger partial charge on any atom is 0.142 e. The van der Waals surface area contributed by atoms with Gasteiger partial charge in [0.15, 0.2) is 0 Å². The number of hydrogen-bond donors (Lipinski definition) is 1. The highest BCUT2D eigenvalue weighted by atomic mass is 16.5. The number of rotatable bonds is 6. The zero-order valence-corrected chi connectivity index (χ0v) is 12.9. The topological polar surface area (TPSA) is 47.7 Å². The lowest BCUT2D eigenvalue weighted by Gasteiger charge is -2.38. The third-order valence-corrected chi connectivity index (χ3v) is 3.72. The molecule has 1 rings (SSSR count). The Balaban J connectivity index is 3.24. The van der Waals surface area contributed by atoms with E-state index >= 15 is 0 Å². The first-order chi connectivity index (χ1) is 8.87. The second-order valence-electron chi connectivity index (χ2n) is 5.40. The van der Waals surface area contributed by atoms with Crippen LogP contribution in [-0.4, -0.2) is 33.4 Å². The molecule has 1 aromatic rings. The molecule has 4 nitrogen and oxygen atoms in total. The van der Waals surface area contributed by atoms with Gasteiger partial charge in [0.1, 0.15) is 11.5 Å². The first-order valence-electron chi connectivity index (χ1n) is 6.54. The lowest BCUT2D eigenvalue weighted by atomic mass is 9.97. The first kappa shape index (κ1) is 15.6. The summed E-state index contributed by atoms with van der Waals surface area (Å²) in [7, 11) is 5.43. The van der Waals surface area contributed by atoms with E-state index in [0.717, 1.165) is 29.2 Å². The highest BCUT2D eigenvalue weighted by Gasteiger charge is 2.26. The van der Waals surface area contributed by atoms with Gasteiger partial charge >= 0.3 is 0 Å². The van der Waals surface area contributed by atoms with Gasteiger partial charge in [-0.05, 0) is 45.4 Å². The molecule has 0 fully saturated rings. The van der Waals surface area contributed by atoms with Gasteiger partial charge in [0, 0.05) is 18.7 Å². The zero-order chi connectivity index (χ0) is 14.6. The van der Waals surface area contributed by atoms with Crippen LogP contribution in [0.1, 0.15) is 25.8 Å². The molecule has 0 amide bonds. The fourth-order valence-electron chi connectivity index (χ4n) is 2.14. The van der Waals surface area contributed by atoms with Crippen molar-refractivity contribution in [3.63, 3.8) is 0 Å². The predicted molar refractivity (Wildman–Crippen MR) is 80.4 cm³/mol. The minimum atomic E-state index is -0.0394. The summed E-state index contributed by atoms with van der Waals surface area (Å²) in [6.45, 7) is 7.01. The molecule has 0 heterocycles. The minimum Gasteiger partial charge on any atom is -0.496 e. The minimum absolute atomic E-state index is 0.0394. The summed E-state index contributed by atoms with van der Waals surface area (Å²) in [6, 6.07) is 4.02. The number of anilines is 1. The monoisotopic (exact) mass is 266 g/mol. The molecular formula is C15H26N2O2. The van der Waals surface area contributed by atoms with Crippen molar-refractivity contribution in [2.45, 2.75) is 32.7 Å². The highest BCUT2D eigenvalue weighted by molar-refractivity contribution is 5.64. The van der Waals surface area contributed by atoms with Crippen molar-refractivity contribution in [2.24, 2.45) is 5.73 Å². The SMILES string of the molecule is COc1cc(N(C)C(C)(C)CCN)c(OC)cc1C. The number of hydrogen-bond acceptors (Lipinski definition) is 4. The van der Waals surface area contributed by atoms with Gasteiger partial charge in [-0.2, -0.15) is 0 Å². The molecule has 19 heavy (non-hydrogen) atoms. The van der Waals surface area contributed by atoms with Crippen LogP contribution in [0.2, 0.25) is 0 Å². The molecule has 0 aliphatic carbocycles. The highest BCUT2D eigenvalue weighted by Crippen LogP contribution is 2.37. The molecule has 0 saturated heterocycles. The van der Waals surface area contributed by atoms with Crippen LogP contribution in [-0.2, 0) is 0 Å². The molecular weight excluding hydrogens is 240 g/mol. The van der Waals surface area contributed by atoms with E-state index in [0.29, 0.717) is 6.54 Å². The third kappa shape index (κ3) is 3.32. The second-order valence-corrected chi connectivity index (χ2v) is 5.40. The van der Waals surface area contributed by atoms with Gasteiger partial charge in [0.2, 0.25) is 0 Å². The number of nitrogens with two attached hydrogens (primary N) is 1. The van der Waals surface area contributed by atoms with Gasteiger partial charge in [-0.1, -0.05) is 0 Å². The number of nitrogens with zero attached hydrogens (tertiary/aromatic N) is 1. The molecule has 0 unspecified atom stereocenters. The Bertz CT molecular complexity index is 430. The summed E-state index contributed by atoms with van der Waals surface area (Å²) in [4.78, 5) is 2.20. The zero-order valence-electron chi connectivity index (χ0n) is 12.9. The van der Waals surface area contributed by atoms with Crippen LogP contribution >= 0.6 is 0 Å². The molecule has 0 aliphatic rings. The summed E-state index contributed by atoms with van der Waals surface area (Å²) in [6.07, 6.45) is 0.906. The van der Waals surface area contributed by atoms with Gasteiger partial charge < -0.3 is 20.1 Å². The lowest BCUT2D eigenvalue weighted by molar-refractivity contribution is 0.393. The normalized spacial score (nSPS) is 11.3. The van der Waals surface area contributed by atoms with E-state index in [2.05, 4.69) is 25.8 Å². The molecule has 0 aliphatic heterocycles. The molecule has 0 aromatic heterocycles. The van der Waals surface area contributed by atoms with Crippen LogP contribution in [0.25, 0.3) is 0 Å². The van der Waals surface area contributed by atoms with E-state index in [1.54, 1.807) is 14.2 Å². The molecule has 1 aromatic carbocycles. The van der Waals surface area contributed by atoms with Crippen LogP contribution in [0.5, 0.6) is 11.5 Å². The lowest BCUT2D eigenvalue weighted by Crippen LogP contribution is -2.43. The van der Waals surface area contributed by atoms with Crippen molar-refractivity contribution in [3.8, 4) is 11.5 Å². The van der Waals surface area contributed by atoms with Gasteiger partial charge in [0.25, 0.3) is 0 Å². The Morgan fingerprint density at radius 1 is 1.16 bits per heavy atom. The first-order valence-corrected chi connectivity index (χ1v) is 6.54. The van der Waals surface area contributed by atoms with Crippen LogP contribution in [0.3, 0.4) is 0 Å². The standard InChI is InChI=1S/C15H26N2O2/c1-11-9-14(19-6)12(10-13(11)18-5)17(4)15(2,3)7-8-16/h9-10H,7-8,16H2,1-6H3. The Morgan fingerprint density at radius 2 is 1.74 bits per heavy atom. The average Bonchev–Trinajstić information content (AvgIpc) is 2.37. The summed E-state index contributed by atoms with van der Waals surface area (Å²) in [5.74, 6) is 1.72. The largest absolute Gasteiger partial charge is 0.496 e. The van der Waals surface area contributed by atoms with Crippen LogP contribution in [0.4, 0.5) is 5.69 Å². The number of ether oxygens (including phenoxy) is 2. The predicted octanol–water partition coefficient (Wildman–Crippen LogP) is 2.58. The maximum absolute atomic E-state index is 5.70. The van der Waals surface area contributed by atoms with Gasteiger partial charge in [0.05, 0.1) is 19.9 Å². The van der Waals surface area contributed by atoms with Crippen molar-refractivity contribution < 1.29 is 9.47 Å². The second kappa shape index (κ2) is 6.15. The summed E-state index contributed by atoms with van der Waals surface area (Å²) >= 11 is 0. The fourth-order valence-corrected chi connectivity index (χ4v) is 2.14. The Morgan fingerprint density at radius 3 is 2.21 bits per heavy atom. The molecule has 0 bridgehead atoms. The molecule has 2 N–H and O–H groups in total. The Kier molecular flexibility index (Phi) is 5.06. The van der Waals surface area contributed by atoms with Crippen LogP contribution < -0.4 is 20.1 Å². The Labute approximate surface area is 116 Å². The number of aryl methyl sites for hydroxylation is 1. The van der Waals surface area contributed by atoms with Crippen molar-refractivity contribution >= 4 is 5.69 Å². The molecule has 0 saturated carbocycles. The van der Waals surface area contributed by atoms with Crippen LogP contribution in [0.15, 0.2) is 12.1 Å². The Hall–Kier alpha value is -1.42. The van der Waals surface area contributed by atoms with Crippen molar-refractivity contribution in [3.05, 3.63) is 17.7 Å². The number of benzene rings is 1. The van der Waals surface area contributed by atoms with Crippen molar-refractivity contribution in [1.82, 2.24) is 0 Å². The molecule has 0 radical (unpaired) electrons. The van der Waals surface area contributed by atoms with Gasteiger partial charge in [-0.25, -0.2) is 0 Å². The van der Waals surface area contributed by atoms with E-state index < -0.39 is 0 Å². The van der Waals surface area contributed by atoms with Crippen molar-refractivity contribution in [2.75, 3.05) is 32.7 Å². The van der Waals surface area contributed by atoms with E-state index in [1.165, 1.54) is 0 Å². The smallest absolute Gasteiger partial charge is 0.142 e. The quantitative estimate of drug-likeness (QED) is 0.859. The van der Waals surface area contributed by atoms with Gasteiger partial charge in [-0.15, -0.1) is 0 Å². The van der Waals surface area contributed by atoms with Crippen molar-refractivity contribution in [1.29, 1.82) is 0 Å². The summed E-state index contributed by atoms with van der Waals surface area (Å²) in [5, 5.41) is 0. The van der Waals surface area contributed by atoms with E-state index in [-0.39, 0.29) is 5.54 Å². The van der Waals surface area contributed by atoms with E-state index in [9.17, 15) is 0 Å². The fraction of sp³-hybridized carbons (Fsp3) is 0.600. The summed E-state index contributed by atoms with van der Waals surface area (Å²) < 4.78 is 10.9. The average molecular weight is 266 g/mol. The van der Waals surface area contributed by atoms with Crippen LogP contribution in [0, 0.1) is 6.92 Å². The maximum atomic E-state index is 5.70. The molecule has 0 atom stereocenters. The molecule has 0 spiro atoms. The summed E-state index contributed by atoms with van der Waals surface area (Å²) in [5.41, 5.74) is 7.74. The molecule has 4 heteroatoms. The third-order valence-electron chi connectivity index (χ3n) is 3.72. The van der Waals surface area contributed by atoms with Gasteiger partial charge in [-0.3, -0.25) is 0 Å². The molecule has 108 valence electrons. The van der Waals surface area contributed by atoms with E-state index in [4.69, 9.17) is 15.2 Å².